The van der Waals surface area contributed by atoms with Gasteiger partial charge in [-0.1, -0.05) is 0 Å². The highest BCUT2D eigenvalue weighted by Crippen LogP contribution is 2.20. The van der Waals surface area contributed by atoms with E-state index in [1.807, 2.05) is 0 Å². The highest BCUT2D eigenvalue weighted by Gasteiger charge is 2.21. The molecule has 0 saturated carbocycles. The Hall–Kier alpha value is -1.64. The van der Waals surface area contributed by atoms with E-state index in [-0.39, 0.29) is 5.91 Å². The third-order valence-corrected chi connectivity index (χ3v) is 3.60. The van der Waals surface area contributed by atoms with Crippen molar-refractivity contribution in [1.82, 2.24) is 5.32 Å². The van der Waals surface area contributed by atoms with Crippen LogP contribution in [-0.2, 0) is 19.6 Å². The van der Waals surface area contributed by atoms with Crippen LogP contribution in [0, 0.1) is 6.92 Å². The topological polar surface area (TPSA) is 96.5 Å². The number of morpholine rings is 1. The summed E-state index contributed by atoms with van der Waals surface area (Å²) in [5.74, 6) is -0.217. The van der Waals surface area contributed by atoms with E-state index >= 15 is 0 Å². The summed E-state index contributed by atoms with van der Waals surface area (Å²) < 4.78 is 30.2. The lowest BCUT2D eigenvalue weighted by atomic mass is 10.2. The van der Waals surface area contributed by atoms with Crippen LogP contribution in [-0.4, -0.2) is 46.4 Å². The number of aryl methyl sites for hydroxylation is 1. The van der Waals surface area contributed by atoms with Gasteiger partial charge in [0.1, 0.15) is 6.10 Å². The van der Waals surface area contributed by atoms with Crippen molar-refractivity contribution in [2.24, 2.45) is 0 Å². The zero-order valence-electron chi connectivity index (χ0n) is 12.0. The Morgan fingerprint density at radius 3 is 2.76 bits per heavy atom. The largest absolute Gasteiger partial charge is 0.366 e. The first-order valence-electron chi connectivity index (χ1n) is 6.57. The first-order chi connectivity index (χ1) is 9.85. The van der Waals surface area contributed by atoms with Crippen LogP contribution in [0.15, 0.2) is 18.2 Å². The zero-order valence-corrected chi connectivity index (χ0v) is 12.8. The number of carbonyl (C=O) groups is 1. The van der Waals surface area contributed by atoms with Gasteiger partial charge in [0.05, 0.1) is 18.6 Å². The first kappa shape index (κ1) is 15.7. The second-order valence-electron chi connectivity index (χ2n) is 4.96. The molecule has 2 rings (SSSR count). The number of sulfonamides is 1. The van der Waals surface area contributed by atoms with E-state index in [2.05, 4.69) is 15.4 Å². The zero-order chi connectivity index (χ0) is 15.5. The van der Waals surface area contributed by atoms with Crippen LogP contribution in [0.4, 0.5) is 11.4 Å². The van der Waals surface area contributed by atoms with E-state index in [4.69, 9.17) is 4.74 Å². The van der Waals surface area contributed by atoms with Gasteiger partial charge in [-0.2, -0.15) is 0 Å². The number of hydrogen-bond donors (Lipinski definition) is 3. The summed E-state index contributed by atoms with van der Waals surface area (Å²) in [6.07, 6.45) is 0.586. The Morgan fingerprint density at radius 1 is 1.43 bits per heavy atom. The van der Waals surface area contributed by atoms with Crippen LogP contribution >= 0.6 is 0 Å². The van der Waals surface area contributed by atoms with Gasteiger partial charge in [-0.05, 0) is 30.7 Å². The molecular formula is C13H19N3O4S. The molecule has 116 valence electrons. The highest BCUT2D eigenvalue weighted by molar-refractivity contribution is 7.92. The van der Waals surface area contributed by atoms with Gasteiger partial charge in [-0.15, -0.1) is 0 Å². The lowest BCUT2D eigenvalue weighted by Crippen LogP contribution is -2.45. The second-order valence-corrected chi connectivity index (χ2v) is 6.71. The maximum absolute atomic E-state index is 12.0. The molecule has 1 heterocycles. The molecule has 7 nitrogen and oxygen atoms in total. The lowest BCUT2D eigenvalue weighted by molar-refractivity contribution is -0.128. The molecule has 1 aromatic rings. The Bertz CT molecular complexity index is 624. The number of hydrogen-bond acceptors (Lipinski definition) is 5. The van der Waals surface area contributed by atoms with Crippen LogP contribution in [0.3, 0.4) is 0 Å². The molecule has 1 amide bonds. The molecular weight excluding hydrogens is 294 g/mol. The Morgan fingerprint density at radius 2 is 2.19 bits per heavy atom. The van der Waals surface area contributed by atoms with Crippen LogP contribution < -0.4 is 15.4 Å². The molecule has 3 N–H and O–H groups in total. The van der Waals surface area contributed by atoms with Crippen molar-refractivity contribution in [3.05, 3.63) is 23.8 Å². The van der Waals surface area contributed by atoms with Gasteiger partial charge < -0.3 is 15.4 Å². The third kappa shape index (κ3) is 4.69. The molecule has 1 fully saturated rings. The minimum atomic E-state index is -3.32. The van der Waals surface area contributed by atoms with Gasteiger partial charge in [-0.3, -0.25) is 9.52 Å². The number of benzene rings is 1. The average Bonchev–Trinajstić information content (AvgIpc) is 2.41. The average molecular weight is 313 g/mol. The van der Waals surface area contributed by atoms with Crippen molar-refractivity contribution in [2.45, 2.75) is 13.0 Å². The third-order valence-electron chi connectivity index (χ3n) is 3.01. The molecule has 0 aliphatic carbocycles. The summed E-state index contributed by atoms with van der Waals surface area (Å²) in [6.45, 7) is 3.50. The summed E-state index contributed by atoms with van der Waals surface area (Å²) in [7, 11) is -3.32. The van der Waals surface area contributed by atoms with Gasteiger partial charge in [0.25, 0.3) is 5.91 Å². The summed E-state index contributed by atoms with van der Waals surface area (Å²) in [5, 5.41) is 5.85. The number of rotatable bonds is 4. The number of anilines is 2. The van der Waals surface area contributed by atoms with E-state index in [0.29, 0.717) is 24.5 Å². The Balaban J connectivity index is 2.04. The van der Waals surface area contributed by atoms with Gasteiger partial charge in [0, 0.05) is 18.8 Å². The van der Waals surface area contributed by atoms with E-state index in [1.54, 1.807) is 25.1 Å². The number of ether oxygens (including phenoxy) is 1. The molecule has 1 unspecified atom stereocenters. The van der Waals surface area contributed by atoms with E-state index < -0.39 is 16.1 Å². The van der Waals surface area contributed by atoms with Crippen LogP contribution in [0.5, 0.6) is 0 Å². The Kier molecular flexibility index (Phi) is 4.81. The molecule has 1 aromatic carbocycles. The van der Waals surface area contributed by atoms with E-state index in [0.717, 1.165) is 18.4 Å². The predicted molar refractivity (Wildman–Crippen MR) is 80.9 cm³/mol. The molecule has 1 saturated heterocycles. The van der Waals surface area contributed by atoms with Crippen molar-refractivity contribution in [3.63, 3.8) is 0 Å². The van der Waals surface area contributed by atoms with Gasteiger partial charge in [0.2, 0.25) is 10.0 Å². The van der Waals surface area contributed by atoms with Crippen molar-refractivity contribution in [1.29, 1.82) is 0 Å². The minimum absolute atomic E-state index is 0.217. The molecule has 21 heavy (non-hydrogen) atoms. The molecule has 0 radical (unpaired) electrons. The van der Waals surface area contributed by atoms with Crippen LogP contribution in [0.25, 0.3) is 0 Å². The molecule has 0 spiro atoms. The number of amides is 1. The smallest absolute Gasteiger partial charge is 0.254 e. The molecule has 1 aliphatic rings. The molecule has 0 bridgehead atoms. The van der Waals surface area contributed by atoms with Gasteiger partial charge >= 0.3 is 0 Å². The first-order valence-corrected chi connectivity index (χ1v) is 8.46. The number of carbonyl (C=O) groups excluding carboxylic acids is 1. The van der Waals surface area contributed by atoms with Gasteiger partial charge in [-0.25, -0.2) is 8.42 Å². The summed E-state index contributed by atoms with van der Waals surface area (Å²) in [5.41, 5.74) is 1.82. The summed E-state index contributed by atoms with van der Waals surface area (Å²) in [4.78, 5) is 12.0. The fourth-order valence-electron chi connectivity index (χ4n) is 2.01. The fraction of sp³-hybridized carbons (Fsp3) is 0.462. The van der Waals surface area contributed by atoms with Gasteiger partial charge in [0.15, 0.2) is 0 Å². The number of nitrogens with one attached hydrogen (secondary N) is 3. The van der Waals surface area contributed by atoms with Crippen LogP contribution in [0.2, 0.25) is 0 Å². The van der Waals surface area contributed by atoms with Crippen molar-refractivity contribution < 1.29 is 17.9 Å². The summed E-state index contributed by atoms with van der Waals surface area (Å²) >= 11 is 0. The van der Waals surface area contributed by atoms with Crippen molar-refractivity contribution in [3.8, 4) is 0 Å². The van der Waals surface area contributed by atoms with Crippen molar-refractivity contribution in [2.75, 3.05) is 36.0 Å². The van der Waals surface area contributed by atoms with E-state index in [1.165, 1.54) is 0 Å². The van der Waals surface area contributed by atoms with Crippen LogP contribution in [0.1, 0.15) is 5.56 Å². The predicted octanol–water partition coefficient (Wildman–Crippen LogP) is 0.293. The monoisotopic (exact) mass is 313 g/mol. The standard InChI is InChI=1S/C13H19N3O4S/c1-9-7-10(3-4-11(9)16-21(2,18)19)15-13(17)12-8-14-5-6-20-12/h3-4,7,12,14,16H,5-6,8H2,1-2H3,(H,15,17). The van der Waals surface area contributed by atoms with E-state index in [9.17, 15) is 13.2 Å². The molecule has 1 atom stereocenters. The lowest BCUT2D eigenvalue weighted by Gasteiger charge is -2.22. The highest BCUT2D eigenvalue weighted by atomic mass is 32.2. The SMILES string of the molecule is Cc1cc(NC(=O)C2CNCCO2)ccc1NS(C)(=O)=O. The maximum Gasteiger partial charge on any atom is 0.254 e. The molecule has 8 heteroatoms. The fourth-order valence-corrected chi connectivity index (χ4v) is 2.64. The maximum atomic E-state index is 12.0. The minimum Gasteiger partial charge on any atom is -0.366 e. The Labute approximate surface area is 124 Å². The quantitative estimate of drug-likeness (QED) is 0.742. The molecule has 0 aromatic heterocycles. The second kappa shape index (κ2) is 6.42. The normalized spacial score (nSPS) is 19.0. The van der Waals surface area contributed by atoms with Crippen molar-refractivity contribution >= 4 is 27.3 Å². The molecule has 1 aliphatic heterocycles. The summed E-state index contributed by atoms with van der Waals surface area (Å²) in [6, 6.07) is 4.97.